The molecule has 4 nitrogen and oxygen atoms in total. The lowest BCUT2D eigenvalue weighted by Crippen LogP contribution is -2.37. The highest BCUT2D eigenvalue weighted by Gasteiger charge is 2.29. The Morgan fingerprint density at radius 2 is 1.62 bits per heavy atom. The van der Waals surface area contributed by atoms with Crippen LogP contribution >= 0.6 is 11.8 Å². The van der Waals surface area contributed by atoms with Crippen molar-refractivity contribution in [2.75, 3.05) is 20.0 Å². The number of carbonyl (C=O) groups excluding carboxylic acids is 1. The maximum absolute atomic E-state index is 12.4. The summed E-state index contributed by atoms with van der Waals surface area (Å²) in [5, 5.41) is 14.4. The first-order chi connectivity index (χ1) is 11.8. The summed E-state index contributed by atoms with van der Waals surface area (Å²) in [5.74, 6) is 1.12. The minimum atomic E-state index is -0.146. The molecule has 0 spiro atoms. The molecule has 1 aliphatic rings. The molecule has 0 radical (unpaired) electrons. The van der Waals surface area contributed by atoms with Crippen molar-refractivity contribution in [3.63, 3.8) is 0 Å². The van der Waals surface area contributed by atoms with Gasteiger partial charge in [0.05, 0.1) is 10.8 Å². The highest BCUT2D eigenvalue weighted by atomic mass is 32.2. The molecule has 144 valence electrons. The Morgan fingerprint density at radius 1 is 1.12 bits per heavy atom. The third kappa shape index (κ3) is 4.44. The predicted molar refractivity (Wildman–Crippen MR) is 110 cm³/mol. The summed E-state index contributed by atoms with van der Waals surface area (Å²) >= 11 is 1.58. The molecule has 1 aromatic rings. The molecule has 26 heavy (non-hydrogen) atoms. The summed E-state index contributed by atoms with van der Waals surface area (Å²) in [6, 6.07) is 4.16. The second-order valence-electron chi connectivity index (χ2n) is 9.14. The van der Waals surface area contributed by atoms with Crippen molar-refractivity contribution in [3.05, 3.63) is 39.8 Å². The Balaban J connectivity index is 2.39. The second-order valence-corrected chi connectivity index (χ2v) is 10.1. The summed E-state index contributed by atoms with van der Waals surface area (Å²) in [7, 11) is 3.76. The average Bonchev–Trinajstić information content (AvgIpc) is 2.85. The van der Waals surface area contributed by atoms with Gasteiger partial charge in [-0.05, 0) is 33.9 Å². The highest BCUT2D eigenvalue weighted by Crippen LogP contribution is 2.40. The van der Waals surface area contributed by atoms with Crippen LogP contribution in [-0.2, 0) is 22.0 Å². The molecule has 1 aliphatic heterocycles. The minimum Gasteiger partial charge on any atom is -0.507 e. The van der Waals surface area contributed by atoms with Gasteiger partial charge >= 0.3 is 0 Å². The topological polar surface area (TPSA) is 43.8 Å². The molecule has 0 saturated carbocycles. The molecule has 1 N–H and O–H groups in total. The Labute approximate surface area is 162 Å². The van der Waals surface area contributed by atoms with Gasteiger partial charge in [0.15, 0.2) is 0 Å². The molecule has 1 fully saturated rings. The van der Waals surface area contributed by atoms with Crippen molar-refractivity contribution < 1.29 is 9.90 Å². The Bertz CT molecular complexity index is 690. The van der Waals surface area contributed by atoms with Gasteiger partial charge in [-0.2, -0.15) is 0 Å². The van der Waals surface area contributed by atoms with Crippen molar-refractivity contribution >= 4 is 17.7 Å². The smallest absolute Gasteiger partial charge is 0.275 e. The lowest BCUT2D eigenvalue weighted by Gasteiger charge is -2.28. The van der Waals surface area contributed by atoms with Gasteiger partial charge in [-0.3, -0.25) is 9.80 Å². The number of carbonyl (C=O) groups is 1. The average molecular weight is 377 g/mol. The van der Waals surface area contributed by atoms with Crippen LogP contribution in [0.15, 0.2) is 23.1 Å². The van der Waals surface area contributed by atoms with Crippen LogP contribution in [0.4, 0.5) is 0 Å². The van der Waals surface area contributed by atoms with Crippen LogP contribution in [0.25, 0.3) is 0 Å². The largest absolute Gasteiger partial charge is 0.507 e. The summed E-state index contributed by atoms with van der Waals surface area (Å²) in [4.78, 5) is 13.2. The van der Waals surface area contributed by atoms with E-state index in [9.17, 15) is 9.90 Å². The van der Waals surface area contributed by atoms with Gasteiger partial charge in [-0.15, -0.1) is 0 Å². The molecule has 1 amide bonds. The van der Waals surface area contributed by atoms with Crippen molar-refractivity contribution in [2.24, 2.45) is 0 Å². The van der Waals surface area contributed by atoms with E-state index in [1.165, 1.54) is 0 Å². The number of phenols is 1. The van der Waals surface area contributed by atoms with E-state index < -0.39 is 0 Å². The van der Waals surface area contributed by atoms with Crippen LogP contribution in [0, 0.1) is 0 Å². The third-order valence-electron chi connectivity index (χ3n) is 4.58. The molecule has 0 aliphatic carbocycles. The normalized spacial score (nSPS) is 17.7. The predicted octanol–water partition coefficient (Wildman–Crippen LogP) is 4.42. The monoisotopic (exact) mass is 376 g/mol. The molecule has 1 heterocycles. The quantitative estimate of drug-likeness (QED) is 0.793. The van der Waals surface area contributed by atoms with Crippen LogP contribution in [0.2, 0.25) is 0 Å². The van der Waals surface area contributed by atoms with Crippen molar-refractivity contribution in [1.29, 1.82) is 0 Å². The second kappa shape index (κ2) is 7.28. The van der Waals surface area contributed by atoms with Crippen LogP contribution in [0.1, 0.15) is 58.2 Å². The maximum atomic E-state index is 12.4. The lowest BCUT2D eigenvalue weighted by atomic mass is 9.78. The van der Waals surface area contributed by atoms with E-state index in [4.69, 9.17) is 0 Å². The number of nitrogens with zero attached hydrogens (tertiary/aromatic N) is 2. The van der Waals surface area contributed by atoms with E-state index in [1.54, 1.807) is 16.8 Å². The molecule has 2 rings (SSSR count). The van der Waals surface area contributed by atoms with E-state index in [1.807, 2.05) is 25.2 Å². The number of hydrogen-bond donors (Lipinski definition) is 1. The highest BCUT2D eigenvalue weighted by molar-refractivity contribution is 8.04. The molecule has 5 heteroatoms. The van der Waals surface area contributed by atoms with Gasteiger partial charge in [0.1, 0.15) is 5.75 Å². The van der Waals surface area contributed by atoms with E-state index >= 15 is 0 Å². The number of benzene rings is 1. The van der Waals surface area contributed by atoms with Crippen molar-refractivity contribution in [1.82, 2.24) is 10.0 Å². The SMILES string of the molecule is CN(C)N1CSC(=CCc2cc(C(C)(C)C)c(O)c(C(C)(C)C)c2)C1=O. The molecule has 1 saturated heterocycles. The van der Waals surface area contributed by atoms with Gasteiger partial charge in [0.2, 0.25) is 0 Å². The summed E-state index contributed by atoms with van der Waals surface area (Å²) in [6.45, 7) is 12.7. The molecule has 0 unspecified atom stereocenters. The molecular weight excluding hydrogens is 344 g/mol. The fourth-order valence-electron chi connectivity index (χ4n) is 2.99. The van der Waals surface area contributed by atoms with Gasteiger partial charge in [-0.1, -0.05) is 71.5 Å². The summed E-state index contributed by atoms with van der Waals surface area (Å²) in [5.41, 5.74) is 2.75. The van der Waals surface area contributed by atoms with Crippen molar-refractivity contribution in [2.45, 2.75) is 58.8 Å². The zero-order valence-electron chi connectivity index (χ0n) is 17.3. The number of rotatable bonds is 3. The first kappa shape index (κ1) is 20.8. The number of allylic oxidation sites excluding steroid dienone is 1. The van der Waals surface area contributed by atoms with E-state index in [0.717, 1.165) is 21.6 Å². The van der Waals surface area contributed by atoms with Crippen LogP contribution in [0.5, 0.6) is 5.75 Å². The zero-order valence-corrected chi connectivity index (χ0v) is 18.1. The van der Waals surface area contributed by atoms with Gasteiger partial charge in [0.25, 0.3) is 5.91 Å². The first-order valence-corrected chi connectivity index (χ1v) is 10.00. The fourth-order valence-corrected chi connectivity index (χ4v) is 4.03. The molecule has 0 aromatic heterocycles. The maximum Gasteiger partial charge on any atom is 0.275 e. The molecular formula is C21H32N2O2S. The first-order valence-electron chi connectivity index (χ1n) is 9.01. The van der Waals surface area contributed by atoms with E-state index in [0.29, 0.717) is 18.0 Å². The zero-order chi connectivity index (χ0) is 19.9. The standard InChI is InChI=1S/C21H32N2O2S/c1-20(2,3)15-11-14(12-16(18(15)24)21(4,5)6)9-10-17-19(25)23(13-26-17)22(7)8/h10-12,24H,9,13H2,1-8H3. The van der Waals surface area contributed by atoms with Gasteiger partial charge < -0.3 is 5.11 Å². The lowest BCUT2D eigenvalue weighted by molar-refractivity contribution is -0.136. The van der Waals surface area contributed by atoms with Crippen LogP contribution < -0.4 is 0 Å². The van der Waals surface area contributed by atoms with Crippen LogP contribution in [-0.4, -0.2) is 41.0 Å². The molecule has 0 bridgehead atoms. The molecule has 0 atom stereocenters. The Morgan fingerprint density at radius 3 is 2.00 bits per heavy atom. The summed E-state index contributed by atoms with van der Waals surface area (Å²) in [6.07, 6.45) is 2.70. The number of aromatic hydroxyl groups is 1. The summed E-state index contributed by atoms with van der Waals surface area (Å²) < 4.78 is 0. The van der Waals surface area contributed by atoms with Crippen LogP contribution in [0.3, 0.4) is 0 Å². The fraction of sp³-hybridized carbons (Fsp3) is 0.571. The number of thioether (sulfide) groups is 1. The minimum absolute atomic E-state index is 0.0610. The van der Waals surface area contributed by atoms with E-state index in [2.05, 4.69) is 53.7 Å². The third-order valence-corrected chi connectivity index (χ3v) is 5.61. The Hall–Kier alpha value is -1.46. The van der Waals surface area contributed by atoms with Gasteiger partial charge in [-0.25, -0.2) is 5.01 Å². The number of hydrazine groups is 1. The number of amides is 1. The van der Waals surface area contributed by atoms with Gasteiger partial charge in [0, 0.05) is 14.1 Å². The van der Waals surface area contributed by atoms with E-state index in [-0.39, 0.29) is 16.7 Å². The number of phenolic OH excluding ortho intramolecular Hbond substituents is 1. The number of hydrogen-bond acceptors (Lipinski definition) is 4. The molecule has 1 aromatic carbocycles. The van der Waals surface area contributed by atoms with Crippen molar-refractivity contribution in [3.8, 4) is 5.75 Å². The Kier molecular flexibility index (Phi) is 5.83.